The van der Waals surface area contributed by atoms with Gasteiger partial charge in [-0.3, -0.25) is 5.43 Å². The van der Waals surface area contributed by atoms with Gasteiger partial charge in [0.2, 0.25) is 5.71 Å². The molecule has 0 aliphatic carbocycles. The molecule has 3 aromatic rings. The second-order valence-corrected chi connectivity index (χ2v) is 5.68. The van der Waals surface area contributed by atoms with Crippen molar-refractivity contribution in [3.63, 3.8) is 0 Å². The molecule has 0 aliphatic rings. The van der Waals surface area contributed by atoms with Crippen molar-refractivity contribution < 1.29 is 4.74 Å². The Labute approximate surface area is 157 Å². The number of hydrazone groups is 1. The van der Waals surface area contributed by atoms with Crippen LogP contribution in [0.2, 0.25) is 0 Å². The zero-order valence-electron chi connectivity index (χ0n) is 14.5. The molecule has 1 N–H and O–H groups in total. The first-order valence-electron chi connectivity index (χ1n) is 8.29. The second-order valence-electron chi connectivity index (χ2n) is 5.68. The van der Waals surface area contributed by atoms with Crippen molar-refractivity contribution in [2.24, 2.45) is 5.10 Å². The van der Waals surface area contributed by atoms with E-state index in [1.165, 1.54) is 0 Å². The molecule has 0 fully saturated rings. The summed E-state index contributed by atoms with van der Waals surface area (Å²) in [7, 11) is 0. The Morgan fingerprint density at radius 3 is 2.30 bits per heavy atom. The lowest BCUT2D eigenvalue weighted by molar-refractivity contribution is 0.306. The maximum atomic E-state index is 8.68. The highest BCUT2D eigenvalue weighted by Crippen LogP contribution is 2.25. The summed E-state index contributed by atoms with van der Waals surface area (Å²) in [5.74, 6) is 0.802. The summed E-state index contributed by atoms with van der Waals surface area (Å²) in [6, 6.07) is 28.9. The van der Waals surface area contributed by atoms with Crippen molar-refractivity contribution >= 4 is 11.4 Å². The SMILES string of the molecule is N#CC(C#N)=NNc1ccc(-c2cccc(OCc3ccccc3)c2)cc1. The molecule has 27 heavy (non-hydrogen) atoms. The Morgan fingerprint density at radius 1 is 0.852 bits per heavy atom. The maximum absolute atomic E-state index is 8.68. The smallest absolute Gasteiger partial charge is 0.237 e. The van der Waals surface area contributed by atoms with Crippen LogP contribution in [0.5, 0.6) is 5.75 Å². The van der Waals surface area contributed by atoms with E-state index in [0.717, 1.165) is 22.4 Å². The normalized spacial score (nSPS) is 9.56. The molecule has 0 heterocycles. The lowest BCUT2D eigenvalue weighted by Gasteiger charge is -2.09. The van der Waals surface area contributed by atoms with E-state index < -0.39 is 0 Å². The molecule has 0 saturated heterocycles. The fraction of sp³-hybridized carbons (Fsp3) is 0.0455. The van der Waals surface area contributed by atoms with Gasteiger partial charge >= 0.3 is 0 Å². The number of ether oxygens (including phenoxy) is 1. The molecule has 3 aromatic carbocycles. The Balaban J connectivity index is 1.69. The van der Waals surface area contributed by atoms with Crippen LogP contribution in [-0.4, -0.2) is 5.71 Å². The number of anilines is 1. The zero-order chi connectivity index (χ0) is 18.9. The van der Waals surface area contributed by atoms with Crippen LogP contribution in [-0.2, 0) is 6.61 Å². The van der Waals surface area contributed by atoms with Crippen molar-refractivity contribution in [2.75, 3.05) is 5.43 Å². The van der Waals surface area contributed by atoms with E-state index in [1.54, 1.807) is 12.1 Å². The summed E-state index contributed by atoms with van der Waals surface area (Å²) in [5, 5.41) is 21.1. The average Bonchev–Trinajstić information content (AvgIpc) is 2.74. The van der Waals surface area contributed by atoms with Gasteiger partial charge in [0, 0.05) is 0 Å². The number of hydrogen-bond donors (Lipinski definition) is 1. The van der Waals surface area contributed by atoms with E-state index >= 15 is 0 Å². The van der Waals surface area contributed by atoms with Crippen molar-refractivity contribution in [3.05, 3.63) is 84.4 Å². The largest absolute Gasteiger partial charge is 0.489 e. The molecule has 0 atom stereocenters. The standard InChI is InChI=1S/C22H16N4O/c23-14-21(15-24)26-25-20-11-9-18(10-12-20)19-7-4-8-22(13-19)27-16-17-5-2-1-3-6-17/h1-13,25H,16H2. The predicted molar refractivity (Wildman–Crippen MR) is 105 cm³/mol. The number of nitriles is 2. The van der Waals surface area contributed by atoms with E-state index in [-0.39, 0.29) is 5.71 Å². The Bertz CT molecular complexity index is 997. The summed E-state index contributed by atoms with van der Waals surface area (Å²) >= 11 is 0. The minimum Gasteiger partial charge on any atom is -0.489 e. The van der Waals surface area contributed by atoms with Gasteiger partial charge in [0.15, 0.2) is 0 Å². The number of benzene rings is 3. The molecule has 0 unspecified atom stereocenters. The zero-order valence-corrected chi connectivity index (χ0v) is 14.5. The molecule has 0 aliphatic heterocycles. The van der Waals surface area contributed by atoms with E-state index in [2.05, 4.69) is 10.5 Å². The molecule has 130 valence electrons. The van der Waals surface area contributed by atoms with Gasteiger partial charge in [-0.15, -0.1) is 0 Å². The van der Waals surface area contributed by atoms with Crippen LogP contribution in [0.1, 0.15) is 5.56 Å². The molecule has 0 bridgehead atoms. The van der Waals surface area contributed by atoms with Crippen LogP contribution in [0.3, 0.4) is 0 Å². The van der Waals surface area contributed by atoms with E-state index in [1.807, 2.05) is 78.9 Å². The van der Waals surface area contributed by atoms with Gasteiger partial charge in [0.25, 0.3) is 0 Å². The number of hydrogen-bond acceptors (Lipinski definition) is 5. The van der Waals surface area contributed by atoms with Crippen LogP contribution in [0.4, 0.5) is 5.69 Å². The number of rotatable bonds is 6. The van der Waals surface area contributed by atoms with Crippen LogP contribution in [0, 0.1) is 22.7 Å². The molecule has 0 aromatic heterocycles. The topological polar surface area (TPSA) is 81.2 Å². The lowest BCUT2D eigenvalue weighted by atomic mass is 10.1. The summed E-state index contributed by atoms with van der Waals surface area (Å²) in [5.41, 5.74) is 6.34. The Hall–Kier alpha value is -4.09. The second kappa shape index (κ2) is 8.84. The summed E-state index contributed by atoms with van der Waals surface area (Å²) < 4.78 is 5.88. The van der Waals surface area contributed by atoms with Crippen molar-refractivity contribution in [1.29, 1.82) is 10.5 Å². The fourth-order valence-electron chi connectivity index (χ4n) is 2.44. The minimum atomic E-state index is -0.220. The molecule has 3 rings (SSSR count). The van der Waals surface area contributed by atoms with Crippen molar-refractivity contribution in [1.82, 2.24) is 0 Å². The Morgan fingerprint density at radius 2 is 1.59 bits per heavy atom. The maximum Gasteiger partial charge on any atom is 0.237 e. The third-order valence-corrected chi connectivity index (χ3v) is 3.81. The molecular weight excluding hydrogens is 336 g/mol. The van der Waals surface area contributed by atoms with Gasteiger partial charge in [-0.25, -0.2) is 0 Å². The average molecular weight is 352 g/mol. The molecule has 5 heteroatoms. The minimum absolute atomic E-state index is 0.220. The molecule has 0 amide bonds. The van der Waals surface area contributed by atoms with Gasteiger partial charge in [0.05, 0.1) is 5.69 Å². The molecule has 0 saturated carbocycles. The predicted octanol–water partition coefficient (Wildman–Crippen LogP) is 4.75. The van der Waals surface area contributed by atoms with Crippen molar-refractivity contribution in [3.8, 4) is 29.0 Å². The lowest BCUT2D eigenvalue weighted by Crippen LogP contribution is -1.96. The first kappa shape index (κ1) is 17.7. The van der Waals surface area contributed by atoms with Crippen molar-refractivity contribution in [2.45, 2.75) is 6.61 Å². The molecule has 0 spiro atoms. The molecular formula is C22H16N4O. The highest BCUT2D eigenvalue weighted by Gasteiger charge is 2.02. The number of nitrogens with zero attached hydrogens (tertiary/aromatic N) is 3. The summed E-state index contributed by atoms with van der Waals surface area (Å²) in [6.45, 7) is 0.519. The van der Waals surface area contributed by atoms with E-state index in [9.17, 15) is 0 Å². The third-order valence-electron chi connectivity index (χ3n) is 3.81. The monoisotopic (exact) mass is 352 g/mol. The quantitative estimate of drug-likeness (QED) is 0.513. The fourth-order valence-corrected chi connectivity index (χ4v) is 2.44. The first-order valence-corrected chi connectivity index (χ1v) is 8.29. The number of nitrogens with one attached hydrogen (secondary N) is 1. The Kier molecular flexibility index (Phi) is 5.81. The molecule has 5 nitrogen and oxygen atoms in total. The van der Waals surface area contributed by atoms with E-state index in [0.29, 0.717) is 12.3 Å². The van der Waals surface area contributed by atoms with Gasteiger partial charge in [-0.2, -0.15) is 15.6 Å². The molecule has 0 radical (unpaired) electrons. The van der Waals surface area contributed by atoms with E-state index in [4.69, 9.17) is 15.3 Å². The van der Waals surface area contributed by atoms with Crippen LogP contribution >= 0.6 is 0 Å². The van der Waals surface area contributed by atoms with Crippen LogP contribution in [0.15, 0.2) is 84.0 Å². The van der Waals surface area contributed by atoms with Gasteiger partial charge < -0.3 is 4.74 Å². The highest BCUT2D eigenvalue weighted by atomic mass is 16.5. The van der Waals surface area contributed by atoms with Gasteiger partial charge in [0.1, 0.15) is 24.5 Å². The summed E-state index contributed by atoms with van der Waals surface area (Å²) in [4.78, 5) is 0. The van der Waals surface area contributed by atoms with Crippen LogP contribution < -0.4 is 10.2 Å². The van der Waals surface area contributed by atoms with Crippen LogP contribution in [0.25, 0.3) is 11.1 Å². The highest BCUT2D eigenvalue weighted by molar-refractivity contribution is 6.10. The van der Waals surface area contributed by atoms with Gasteiger partial charge in [-0.1, -0.05) is 54.6 Å². The van der Waals surface area contributed by atoms with Gasteiger partial charge in [-0.05, 0) is 41.0 Å². The summed E-state index contributed by atoms with van der Waals surface area (Å²) in [6.07, 6.45) is 0. The third kappa shape index (κ3) is 4.94. The first-order chi connectivity index (χ1) is 13.3.